The van der Waals surface area contributed by atoms with Gasteiger partial charge in [-0.25, -0.2) is 9.67 Å². The Bertz CT molecular complexity index is 302. The molecule has 1 fully saturated rings. The van der Waals surface area contributed by atoms with Crippen LogP contribution in [0.5, 0.6) is 0 Å². The zero-order valence-corrected chi connectivity index (χ0v) is 9.07. The standard InChI is InChI=1S/C9H15N3OS/c1-12-9(10-6-11-12)14-8-5-3-2-4-7(8)13/h6-8,13H,2-5H2,1H3. The van der Waals surface area contributed by atoms with Crippen LogP contribution in [0.3, 0.4) is 0 Å². The molecule has 4 nitrogen and oxygen atoms in total. The van der Waals surface area contributed by atoms with E-state index in [0.717, 1.165) is 24.4 Å². The Morgan fingerprint density at radius 1 is 1.50 bits per heavy atom. The summed E-state index contributed by atoms with van der Waals surface area (Å²) in [7, 11) is 1.88. The highest BCUT2D eigenvalue weighted by Crippen LogP contribution is 2.32. The first-order chi connectivity index (χ1) is 6.77. The van der Waals surface area contributed by atoms with Crippen molar-refractivity contribution < 1.29 is 5.11 Å². The number of hydrogen-bond donors (Lipinski definition) is 1. The Morgan fingerprint density at radius 3 is 2.93 bits per heavy atom. The van der Waals surface area contributed by atoms with Crippen molar-refractivity contribution in [3.63, 3.8) is 0 Å². The highest BCUT2D eigenvalue weighted by atomic mass is 32.2. The van der Waals surface area contributed by atoms with Crippen LogP contribution in [0.2, 0.25) is 0 Å². The average Bonchev–Trinajstić information content (AvgIpc) is 2.56. The van der Waals surface area contributed by atoms with E-state index in [1.807, 2.05) is 7.05 Å². The molecule has 0 bridgehead atoms. The van der Waals surface area contributed by atoms with Crippen molar-refractivity contribution >= 4 is 11.8 Å². The van der Waals surface area contributed by atoms with Crippen molar-refractivity contribution in [3.8, 4) is 0 Å². The van der Waals surface area contributed by atoms with Gasteiger partial charge in [-0.15, -0.1) is 0 Å². The summed E-state index contributed by atoms with van der Waals surface area (Å²) in [6, 6.07) is 0. The van der Waals surface area contributed by atoms with Gasteiger partial charge >= 0.3 is 0 Å². The van der Waals surface area contributed by atoms with Crippen LogP contribution in [0, 0.1) is 0 Å². The van der Waals surface area contributed by atoms with Crippen LogP contribution in [-0.2, 0) is 7.05 Å². The predicted molar refractivity (Wildman–Crippen MR) is 55.1 cm³/mol. The van der Waals surface area contributed by atoms with Gasteiger partial charge in [-0.1, -0.05) is 24.6 Å². The minimum absolute atomic E-state index is 0.176. The van der Waals surface area contributed by atoms with Crippen molar-refractivity contribution in [1.82, 2.24) is 14.8 Å². The Kier molecular flexibility index (Phi) is 3.08. The predicted octanol–water partition coefficient (Wildman–Crippen LogP) is 1.21. The van der Waals surface area contributed by atoms with E-state index in [-0.39, 0.29) is 6.10 Å². The molecule has 1 saturated carbocycles. The van der Waals surface area contributed by atoms with E-state index >= 15 is 0 Å². The Labute approximate surface area is 87.7 Å². The molecule has 78 valence electrons. The Balaban J connectivity index is 1.99. The maximum Gasteiger partial charge on any atom is 0.186 e. The molecule has 5 heteroatoms. The molecule has 2 atom stereocenters. The molecule has 1 aromatic heterocycles. The van der Waals surface area contributed by atoms with Crippen LogP contribution < -0.4 is 0 Å². The summed E-state index contributed by atoms with van der Waals surface area (Å²) in [5.74, 6) is 0. The van der Waals surface area contributed by atoms with Gasteiger partial charge in [0, 0.05) is 12.3 Å². The largest absolute Gasteiger partial charge is 0.392 e. The van der Waals surface area contributed by atoms with E-state index < -0.39 is 0 Å². The fourth-order valence-electron chi connectivity index (χ4n) is 1.74. The molecule has 0 saturated heterocycles. The number of nitrogens with zero attached hydrogens (tertiary/aromatic N) is 3. The van der Waals surface area contributed by atoms with Crippen molar-refractivity contribution in [1.29, 1.82) is 0 Å². The lowest BCUT2D eigenvalue weighted by atomic mass is 9.97. The normalized spacial score (nSPS) is 27.9. The van der Waals surface area contributed by atoms with Crippen molar-refractivity contribution in [2.24, 2.45) is 7.05 Å². The van der Waals surface area contributed by atoms with Gasteiger partial charge in [-0.2, -0.15) is 5.10 Å². The zero-order chi connectivity index (χ0) is 9.97. The van der Waals surface area contributed by atoms with Crippen molar-refractivity contribution in [3.05, 3.63) is 6.33 Å². The fourth-order valence-corrected chi connectivity index (χ4v) is 2.90. The second-order valence-electron chi connectivity index (χ2n) is 3.67. The van der Waals surface area contributed by atoms with E-state index in [2.05, 4.69) is 10.1 Å². The van der Waals surface area contributed by atoms with Gasteiger partial charge in [0.15, 0.2) is 5.16 Å². The molecule has 0 aliphatic heterocycles. The Hall–Kier alpha value is -0.550. The maximum atomic E-state index is 9.78. The molecule has 0 radical (unpaired) electrons. The SMILES string of the molecule is Cn1ncnc1SC1CCCCC1O. The third-order valence-corrected chi connectivity index (χ3v) is 4.03. The lowest BCUT2D eigenvalue weighted by Crippen LogP contribution is -2.27. The number of hydrogen-bond acceptors (Lipinski definition) is 4. The van der Waals surface area contributed by atoms with Gasteiger partial charge < -0.3 is 5.11 Å². The number of aliphatic hydroxyl groups is 1. The fraction of sp³-hybridized carbons (Fsp3) is 0.778. The summed E-state index contributed by atoms with van der Waals surface area (Å²) in [5.41, 5.74) is 0. The van der Waals surface area contributed by atoms with Gasteiger partial charge in [-0.05, 0) is 12.8 Å². The number of rotatable bonds is 2. The van der Waals surface area contributed by atoms with Gasteiger partial charge in [0.1, 0.15) is 6.33 Å². The average molecular weight is 213 g/mol. The van der Waals surface area contributed by atoms with E-state index in [1.54, 1.807) is 22.8 Å². The molecule has 0 amide bonds. The molecular formula is C9H15N3OS. The summed E-state index contributed by atoms with van der Waals surface area (Å²) in [5, 5.41) is 15.0. The molecule has 2 rings (SSSR count). The molecule has 2 unspecified atom stereocenters. The number of aryl methyl sites for hydroxylation is 1. The quantitative estimate of drug-likeness (QED) is 0.802. The number of aromatic nitrogens is 3. The summed E-state index contributed by atoms with van der Waals surface area (Å²) in [4.78, 5) is 4.15. The first-order valence-corrected chi connectivity index (χ1v) is 5.84. The molecule has 1 aliphatic rings. The number of aliphatic hydroxyl groups excluding tert-OH is 1. The van der Waals surface area contributed by atoms with E-state index in [0.29, 0.717) is 5.25 Å². The molecule has 0 spiro atoms. The minimum atomic E-state index is -0.176. The lowest BCUT2D eigenvalue weighted by Gasteiger charge is -2.26. The van der Waals surface area contributed by atoms with Gasteiger partial charge in [0.2, 0.25) is 0 Å². The van der Waals surface area contributed by atoms with Gasteiger partial charge in [0.05, 0.1) is 6.10 Å². The summed E-state index contributed by atoms with van der Waals surface area (Å²) >= 11 is 1.65. The molecule has 1 heterocycles. The van der Waals surface area contributed by atoms with Gasteiger partial charge in [0.25, 0.3) is 0 Å². The topological polar surface area (TPSA) is 50.9 Å². The van der Waals surface area contributed by atoms with Crippen molar-refractivity contribution in [2.75, 3.05) is 0 Å². The lowest BCUT2D eigenvalue weighted by molar-refractivity contribution is 0.137. The van der Waals surface area contributed by atoms with Crippen LogP contribution in [0.15, 0.2) is 11.5 Å². The van der Waals surface area contributed by atoms with Crippen molar-refractivity contribution in [2.45, 2.75) is 42.2 Å². The molecule has 1 aliphatic carbocycles. The molecule has 14 heavy (non-hydrogen) atoms. The molecule has 1 aromatic rings. The van der Waals surface area contributed by atoms with Crippen LogP contribution in [0.4, 0.5) is 0 Å². The third kappa shape index (κ3) is 2.09. The number of thioether (sulfide) groups is 1. The van der Waals surface area contributed by atoms with E-state index in [1.165, 1.54) is 6.42 Å². The summed E-state index contributed by atoms with van der Waals surface area (Å²) in [6.45, 7) is 0. The van der Waals surface area contributed by atoms with E-state index in [4.69, 9.17) is 0 Å². The van der Waals surface area contributed by atoms with Crippen LogP contribution >= 0.6 is 11.8 Å². The summed E-state index contributed by atoms with van der Waals surface area (Å²) in [6.07, 6.45) is 5.75. The summed E-state index contributed by atoms with van der Waals surface area (Å²) < 4.78 is 1.76. The Morgan fingerprint density at radius 2 is 2.29 bits per heavy atom. The van der Waals surface area contributed by atoms with Crippen LogP contribution in [0.1, 0.15) is 25.7 Å². The minimum Gasteiger partial charge on any atom is -0.392 e. The zero-order valence-electron chi connectivity index (χ0n) is 8.26. The molecule has 1 N–H and O–H groups in total. The molecular weight excluding hydrogens is 198 g/mol. The smallest absolute Gasteiger partial charge is 0.186 e. The van der Waals surface area contributed by atoms with Crippen LogP contribution in [0.25, 0.3) is 0 Å². The van der Waals surface area contributed by atoms with Gasteiger partial charge in [-0.3, -0.25) is 0 Å². The van der Waals surface area contributed by atoms with E-state index in [9.17, 15) is 5.11 Å². The van der Waals surface area contributed by atoms with Crippen LogP contribution in [-0.4, -0.2) is 31.2 Å². The second-order valence-corrected chi connectivity index (χ2v) is 4.88. The first kappa shape index (κ1) is 9.98. The third-order valence-electron chi connectivity index (χ3n) is 2.59. The monoisotopic (exact) mass is 213 g/mol. The maximum absolute atomic E-state index is 9.78. The highest BCUT2D eigenvalue weighted by molar-refractivity contribution is 7.99. The first-order valence-electron chi connectivity index (χ1n) is 4.96. The highest BCUT2D eigenvalue weighted by Gasteiger charge is 2.25. The second kappa shape index (κ2) is 4.31. The molecule has 0 aromatic carbocycles.